The topological polar surface area (TPSA) is 34.9 Å². The van der Waals surface area contributed by atoms with Crippen LogP contribution in [0, 0.1) is 5.82 Å². The molecule has 0 radical (unpaired) electrons. The molecule has 0 unspecified atom stereocenters. The van der Waals surface area contributed by atoms with Gasteiger partial charge in [-0.15, -0.1) is 11.3 Å². The summed E-state index contributed by atoms with van der Waals surface area (Å²) in [5, 5.41) is 2.64. The van der Waals surface area contributed by atoms with Gasteiger partial charge in [0.25, 0.3) is 5.56 Å². The molecule has 0 aliphatic carbocycles. The summed E-state index contributed by atoms with van der Waals surface area (Å²) in [6.07, 6.45) is 1.59. The Hall–Kier alpha value is -2.79. The second-order valence-electron chi connectivity index (χ2n) is 6.49. The number of thiophene rings is 1. The molecular formula is C22H19FN2OS. The van der Waals surface area contributed by atoms with Crippen LogP contribution >= 0.6 is 11.3 Å². The van der Waals surface area contributed by atoms with E-state index in [4.69, 9.17) is 4.98 Å². The minimum Gasteiger partial charge on any atom is -0.292 e. The summed E-state index contributed by atoms with van der Waals surface area (Å²) in [5.41, 5.74) is 2.60. The van der Waals surface area contributed by atoms with Crippen LogP contribution in [0.4, 0.5) is 4.39 Å². The van der Waals surface area contributed by atoms with E-state index in [1.807, 2.05) is 41.8 Å². The highest BCUT2D eigenvalue weighted by molar-refractivity contribution is 7.17. The first kappa shape index (κ1) is 17.6. The summed E-state index contributed by atoms with van der Waals surface area (Å²) in [4.78, 5) is 18.9. The Morgan fingerprint density at radius 1 is 1.11 bits per heavy atom. The number of aryl methyl sites for hydroxylation is 1. The van der Waals surface area contributed by atoms with Crippen LogP contribution in [0.5, 0.6) is 0 Å². The van der Waals surface area contributed by atoms with Gasteiger partial charge in [-0.25, -0.2) is 9.37 Å². The number of fused-ring (bicyclic) bond motifs is 1. The van der Waals surface area contributed by atoms with Crippen molar-refractivity contribution in [3.05, 3.63) is 87.5 Å². The molecule has 136 valence electrons. The number of hydrogen-bond acceptors (Lipinski definition) is 3. The maximum absolute atomic E-state index is 13.6. The highest BCUT2D eigenvalue weighted by Crippen LogP contribution is 2.31. The van der Waals surface area contributed by atoms with Gasteiger partial charge in [0.05, 0.1) is 11.9 Å². The summed E-state index contributed by atoms with van der Waals surface area (Å²) in [6, 6.07) is 16.3. The molecule has 2 aromatic carbocycles. The van der Waals surface area contributed by atoms with Crippen LogP contribution in [-0.2, 0) is 13.0 Å². The van der Waals surface area contributed by atoms with Gasteiger partial charge in [-0.1, -0.05) is 49.4 Å². The molecule has 4 aromatic rings. The first-order valence-corrected chi connectivity index (χ1v) is 9.86. The second kappa shape index (κ2) is 7.45. The standard InChI is InChI=1S/C22H19FN2OS/c1-2-7-19-24-21-20(18(14-27-21)16-9-4-3-5-10-16)22(26)25(19)13-15-8-6-11-17(23)12-15/h3-6,8-12,14H,2,7,13H2,1H3. The molecule has 0 bridgehead atoms. The van der Waals surface area contributed by atoms with Crippen molar-refractivity contribution in [3.8, 4) is 11.1 Å². The summed E-state index contributed by atoms with van der Waals surface area (Å²) >= 11 is 1.50. The van der Waals surface area contributed by atoms with Gasteiger partial charge in [-0.2, -0.15) is 0 Å². The second-order valence-corrected chi connectivity index (χ2v) is 7.35. The molecule has 0 saturated carbocycles. The number of benzene rings is 2. The number of nitrogens with zero attached hydrogens (tertiary/aromatic N) is 2. The fourth-order valence-electron chi connectivity index (χ4n) is 3.29. The van der Waals surface area contributed by atoms with Gasteiger partial charge in [-0.3, -0.25) is 9.36 Å². The quantitative estimate of drug-likeness (QED) is 0.474. The van der Waals surface area contributed by atoms with Crippen molar-refractivity contribution in [3.63, 3.8) is 0 Å². The van der Waals surface area contributed by atoms with Gasteiger partial charge in [0.15, 0.2) is 0 Å². The van der Waals surface area contributed by atoms with Crippen molar-refractivity contribution in [2.24, 2.45) is 0 Å². The van der Waals surface area contributed by atoms with Crippen LogP contribution in [-0.4, -0.2) is 9.55 Å². The predicted molar refractivity (Wildman–Crippen MR) is 109 cm³/mol. The Morgan fingerprint density at radius 2 is 1.93 bits per heavy atom. The third kappa shape index (κ3) is 3.43. The van der Waals surface area contributed by atoms with E-state index in [2.05, 4.69) is 6.92 Å². The van der Waals surface area contributed by atoms with Crippen LogP contribution in [0.3, 0.4) is 0 Å². The monoisotopic (exact) mass is 378 g/mol. The van der Waals surface area contributed by atoms with Crippen LogP contribution in [0.15, 0.2) is 64.8 Å². The van der Waals surface area contributed by atoms with E-state index in [0.29, 0.717) is 18.4 Å². The van der Waals surface area contributed by atoms with Gasteiger partial charge >= 0.3 is 0 Å². The predicted octanol–water partition coefficient (Wildman–Crippen LogP) is 5.26. The van der Waals surface area contributed by atoms with Crippen molar-refractivity contribution >= 4 is 21.6 Å². The van der Waals surface area contributed by atoms with Gasteiger partial charge in [-0.05, 0) is 29.7 Å². The highest BCUT2D eigenvalue weighted by Gasteiger charge is 2.17. The highest BCUT2D eigenvalue weighted by atomic mass is 32.1. The van der Waals surface area contributed by atoms with Crippen LogP contribution in [0.2, 0.25) is 0 Å². The van der Waals surface area contributed by atoms with E-state index < -0.39 is 0 Å². The average molecular weight is 378 g/mol. The Labute approximate surface area is 160 Å². The molecule has 3 nitrogen and oxygen atoms in total. The molecule has 0 saturated heterocycles. The minimum absolute atomic E-state index is 0.0622. The Bertz CT molecular complexity index is 1150. The molecule has 0 atom stereocenters. The van der Waals surface area contributed by atoms with E-state index in [1.165, 1.54) is 23.5 Å². The van der Waals surface area contributed by atoms with Crippen molar-refractivity contribution in [2.45, 2.75) is 26.3 Å². The minimum atomic E-state index is -0.299. The molecule has 0 N–H and O–H groups in total. The van der Waals surface area contributed by atoms with E-state index in [9.17, 15) is 9.18 Å². The van der Waals surface area contributed by atoms with Gasteiger partial charge in [0.1, 0.15) is 16.5 Å². The number of halogens is 1. The zero-order chi connectivity index (χ0) is 18.8. The van der Waals surface area contributed by atoms with Crippen molar-refractivity contribution < 1.29 is 4.39 Å². The number of rotatable bonds is 5. The first-order chi connectivity index (χ1) is 13.2. The molecule has 0 aliphatic rings. The third-order valence-corrected chi connectivity index (χ3v) is 5.43. The number of aromatic nitrogens is 2. The van der Waals surface area contributed by atoms with Gasteiger partial charge < -0.3 is 0 Å². The van der Waals surface area contributed by atoms with Crippen LogP contribution in [0.1, 0.15) is 24.7 Å². The molecular weight excluding hydrogens is 359 g/mol. The Morgan fingerprint density at radius 3 is 2.67 bits per heavy atom. The van der Waals surface area contributed by atoms with E-state index in [0.717, 1.165) is 33.8 Å². The number of hydrogen-bond donors (Lipinski definition) is 0. The molecule has 2 aromatic heterocycles. The van der Waals surface area contributed by atoms with Gasteiger partial charge in [0, 0.05) is 17.4 Å². The SMILES string of the molecule is CCCc1nc2scc(-c3ccccc3)c2c(=O)n1Cc1cccc(F)c1. The lowest BCUT2D eigenvalue weighted by Gasteiger charge is -2.13. The van der Waals surface area contributed by atoms with Crippen molar-refractivity contribution in [1.29, 1.82) is 0 Å². The Kier molecular flexibility index (Phi) is 4.86. The smallest absolute Gasteiger partial charge is 0.263 e. The lowest BCUT2D eigenvalue weighted by atomic mass is 10.1. The van der Waals surface area contributed by atoms with Crippen LogP contribution < -0.4 is 5.56 Å². The lowest BCUT2D eigenvalue weighted by molar-refractivity contribution is 0.618. The maximum Gasteiger partial charge on any atom is 0.263 e. The average Bonchev–Trinajstić information content (AvgIpc) is 3.10. The van der Waals surface area contributed by atoms with Crippen molar-refractivity contribution in [1.82, 2.24) is 9.55 Å². The van der Waals surface area contributed by atoms with E-state index in [1.54, 1.807) is 10.6 Å². The molecule has 4 rings (SSSR count). The first-order valence-electron chi connectivity index (χ1n) is 8.98. The summed E-state index contributed by atoms with van der Waals surface area (Å²) in [7, 11) is 0. The molecule has 27 heavy (non-hydrogen) atoms. The zero-order valence-corrected chi connectivity index (χ0v) is 15.8. The summed E-state index contributed by atoms with van der Waals surface area (Å²) in [5.74, 6) is 0.452. The third-order valence-electron chi connectivity index (χ3n) is 4.56. The van der Waals surface area contributed by atoms with Crippen LogP contribution in [0.25, 0.3) is 21.3 Å². The molecule has 0 aliphatic heterocycles. The maximum atomic E-state index is 13.6. The Balaban J connectivity index is 1.91. The molecule has 0 spiro atoms. The summed E-state index contributed by atoms with van der Waals surface area (Å²) in [6.45, 7) is 2.38. The lowest BCUT2D eigenvalue weighted by Crippen LogP contribution is -2.25. The summed E-state index contributed by atoms with van der Waals surface area (Å²) < 4.78 is 15.3. The molecule has 5 heteroatoms. The zero-order valence-electron chi connectivity index (χ0n) is 15.0. The van der Waals surface area contributed by atoms with Crippen molar-refractivity contribution in [2.75, 3.05) is 0 Å². The molecule has 0 fully saturated rings. The normalized spacial score (nSPS) is 11.2. The van der Waals surface area contributed by atoms with E-state index in [-0.39, 0.29) is 11.4 Å². The molecule has 0 amide bonds. The fourth-order valence-corrected chi connectivity index (χ4v) is 4.25. The largest absolute Gasteiger partial charge is 0.292 e. The van der Waals surface area contributed by atoms with Gasteiger partial charge in [0.2, 0.25) is 0 Å². The fraction of sp³-hybridized carbons (Fsp3) is 0.182. The van der Waals surface area contributed by atoms with E-state index >= 15 is 0 Å². The molecule has 2 heterocycles.